The van der Waals surface area contributed by atoms with Gasteiger partial charge in [-0.25, -0.2) is 0 Å². The number of carbonyl (C=O) groups excluding carboxylic acids is 2. The van der Waals surface area contributed by atoms with Crippen molar-refractivity contribution < 1.29 is 23.8 Å². The van der Waals surface area contributed by atoms with Gasteiger partial charge in [0.15, 0.2) is 11.5 Å². The molecule has 0 aliphatic heterocycles. The van der Waals surface area contributed by atoms with E-state index >= 15 is 0 Å². The van der Waals surface area contributed by atoms with Crippen LogP contribution in [0, 0.1) is 0 Å². The topological polar surface area (TPSA) is 131 Å². The molecule has 6 rings (SSSR count). The van der Waals surface area contributed by atoms with E-state index < -0.39 is 12.1 Å². The number of aromatic amines is 1. The van der Waals surface area contributed by atoms with E-state index in [2.05, 4.69) is 33.1 Å². The molecule has 0 saturated carbocycles. The van der Waals surface area contributed by atoms with Crippen LogP contribution < -0.4 is 35.6 Å². The molecule has 4 N–H and O–H groups in total. The number of hydrogen-bond acceptors (Lipinski definition) is 8. The quantitative estimate of drug-likeness (QED) is 0.150. The molecule has 0 saturated heterocycles. The summed E-state index contributed by atoms with van der Waals surface area (Å²) < 4.78 is 17.3. The molecule has 11 heteroatoms. The highest BCUT2D eigenvalue weighted by Crippen LogP contribution is 2.50. The summed E-state index contributed by atoms with van der Waals surface area (Å²) in [5, 5.41) is 10.9. The zero-order valence-electron chi connectivity index (χ0n) is 28.7. The first-order valence-electron chi connectivity index (χ1n) is 16.7. The maximum atomic E-state index is 14.0. The van der Waals surface area contributed by atoms with Gasteiger partial charge in [0.2, 0.25) is 23.0 Å². The van der Waals surface area contributed by atoms with Crippen molar-refractivity contribution in [3.63, 3.8) is 0 Å². The van der Waals surface area contributed by atoms with Crippen molar-refractivity contribution >= 4 is 40.2 Å². The van der Waals surface area contributed by atoms with Gasteiger partial charge in [-0.1, -0.05) is 24.3 Å². The molecule has 49 heavy (non-hydrogen) atoms. The number of amides is 2. The fourth-order valence-corrected chi connectivity index (χ4v) is 7.82. The smallest absolute Gasteiger partial charge is 0.243 e. The Morgan fingerprint density at radius 3 is 2.49 bits per heavy atom. The summed E-state index contributed by atoms with van der Waals surface area (Å²) in [4.78, 5) is 43.9. The molecule has 3 aromatic carbocycles. The SMILES string of the molecule is COc1cc2c(c(OC)c1OC)-c1ccc(NC(CCSC)C(=O)NC3CCCc4c3[nH]c3ccccc43)c(=O)cc1C(NC(C)=O)CC2. The second kappa shape index (κ2) is 14.9. The number of ether oxygens (including phenoxy) is 3. The molecule has 0 radical (unpaired) electrons. The van der Waals surface area contributed by atoms with E-state index in [9.17, 15) is 14.4 Å². The summed E-state index contributed by atoms with van der Waals surface area (Å²) >= 11 is 1.65. The van der Waals surface area contributed by atoms with Gasteiger partial charge >= 0.3 is 0 Å². The zero-order valence-corrected chi connectivity index (χ0v) is 29.5. The van der Waals surface area contributed by atoms with E-state index in [0.717, 1.165) is 52.9 Å². The lowest BCUT2D eigenvalue weighted by atomic mass is 9.91. The van der Waals surface area contributed by atoms with E-state index in [1.54, 1.807) is 45.2 Å². The lowest BCUT2D eigenvalue weighted by Crippen LogP contribution is -2.43. The molecule has 0 spiro atoms. The number of para-hydroxylation sites is 1. The van der Waals surface area contributed by atoms with Crippen molar-refractivity contribution in [2.75, 3.05) is 38.7 Å². The molecular weight excluding hydrogens is 641 g/mol. The molecule has 258 valence electrons. The number of methoxy groups -OCH3 is 3. The Labute approximate surface area is 290 Å². The molecule has 1 aromatic heterocycles. The van der Waals surface area contributed by atoms with Crippen molar-refractivity contribution in [2.45, 2.75) is 63.6 Å². The second-order valence-corrected chi connectivity index (χ2v) is 13.6. The third kappa shape index (κ3) is 6.81. The Hall–Kier alpha value is -4.64. The Bertz CT molecular complexity index is 1940. The van der Waals surface area contributed by atoms with Gasteiger partial charge in [-0.3, -0.25) is 14.4 Å². The number of carbonyl (C=O) groups is 2. The predicted molar refractivity (Wildman–Crippen MR) is 195 cm³/mol. The van der Waals surface area contributed by atoms with E-state index in [1.165, 1.54) is 17.9 Å². The van der Waals surface area contributed by atoms with E-state index in [-0.39, 0.29) is 23.3 Å². The van der Waals surface area contributed by atoms with Gasteiger partial charge in [0.25, 0.3) is 0 Å². The van der Waals surface area contributed by atoms with Crippen LogP contribution in [-0.4, -0.2) is 56.2 Å². The van der Waals surface area contributed by atoms with Crippen LogP contribution in [0.2, 0.25) is 0 Å². The van der Waals surface area contributed by atoms with Crippen LogP contribution in [0.15, 0.2) is 53.3 Å². The molecule has 4 aromatic rings. The maximum Gasteiger partial charge on any atom is 0.243 e. The van der Waals surface area contributed by atoms with Crippen molar-refractivity contribution in [1.29, 1.82) is 0 Å². The molecule has 1 heterocycles. The van der Waals surface area contributed by atoms with Gasteiger partial charge in [0.1, 0.15) is 6.04 Å². The normalized spacial score (nSPS) is 17.1. The summed E-state index contributed by atoms with van der Waals surface area (Å²) in [6, 6.07) is 14.1. The summed E-state index contributed by atoms with van der Waals surface area (Å²) in [6.07, 6.45) is 6.47. The van der Waals surface area contributed by atoms with Crippen molar-refractivity contribution in [2.24, 2.45) is 0 Å². The van der Waals surface area contributed by atoms with Crippen LogP contribution in [0.25, 0.3) is 22.0 Å². The van der Waals surface area contributed by atoms with Crippen molar-refractivity contribution in [3.8, 4) is 28.4 Å². The average Bonchev–Trinajstić information content (AvgIpc) is 3.33. The number of aryl methyl sites for hydroxylation is 2. The number of aromatic nitrogens is 1. The van der Waals surface area contributed by atoms with Crippen LogP contribution in [0.5, 0.6) is 17.2 Å². The molecular formula is C38H44N4O6S. The summed E-state index contributed by atoms with van der Waals surface area (Å²) in [7, 11) is 4.70. The monoisotopic (exact) mass is 684 g/mol. The number of benzene rings is 2. The lowest BCUT2D eigenvalue weighted by Gasteiger charge is -2.27. The molecule has 3 atom stereocenters. The highest BCUT2D eigenvalue weighted by Gasteiger charge is 2.31. The van der Waals surface area contributed by atoms with Gasteiger partial charge in [0, 0.05) is 29.1 Å². The van der Waals surface area contributed by atoms with Crippen LogP contribution in [0.4, 0.5) is 5.69 Å². The van der Waals surface area contributed by atoms with Crippen molar-refractivity contribution in [1.82, 2.24) is 15.6 Å². The van der Waals surface area contributed by atoms with Crippen LogP contribution in [0.1, 0.15) is 67.1 Å². The first-order chi connectivity index (χ1) is 23.8. The minimum absolute atomic E-state index is 0.147. The first-order valence-corrected chi connectivity index (χ1v) is 18.1. The van der Waals surface area contributed by atoms with Crippen LogP contribution in [0.3, 0.4) is 0 Å². The number of fused-ring (bicyclic) bond motifs is 6. The number of thioether (sulfide) groups is 1. The fraction of sp³-hybridized carbons (Fsp3) is 0.395. The number of hydrogen-bond donors (Lipinski definition) is 4. The highest BCUT2D eigenvalue weighted by atomic mass is 32.2. The molecule has 0 fully saturated rings. The molecule has 0 bridgehead atoms. The van der Waals surface area contributed by atoms with Gasteiger partial charge in [-0.15, -0.1) is 0 Å². The Kier molecular flexibility index (Phi) is 10.4. The van der Waals surface area contributed by atoms with Gasteiger partial charge in [-0.2, -0.15) is 11.8 Å². The lowest BCUT2D eigenvalue weighted by molar-refractivity contribution is -0.123. The molecule has 10 nitrogen and oxygen atoms in total. The zero-order chi connectivity index (χ0) is 34.7. The van der Waals surface area contributed by atoms with Crippen molar-refractivity contribution in [3.05, 3.63) is 81.1 Å². The number of rotatable bonds is 11. The van der Waals surface area contributed by atoms with Gasteiger partial charge < -0.3 is 35.1 Å². The third-order valence-electron chi connectivity index (χ3n) is 9.60. The minimum atomic E-state index is -0.644. The standard InChI is InChI=1S/C38H44N4O6S/c1-21(43)39-28-15-13-22-19-33(46-2)36(47-3)37(48-4)34(22)24-14-16-29(32(44)20-26(24)28)40-31(17-18-49-5)38(45)42-30-12-8-10-25-23-9-6-7-11-27(23)41-35(25)30/h6-7,9,11,14,16,19-20,28,30-31,41H,8,10,12-13,15,17-18H2,1-5H3,(H,39,43)(H,40,44)(H,42,45). The number of H-pyrrole nitrogens is 1. The minimum Gasteiger partial charge on any atom is -0.493 e. The molecule has 2 aliphatic rings. The third-order valence-corrected chi connectivity index (χ3v) is 10.2. The largest absolute Gasteiger partial charge is 0.493 e. The second-order valence-electron chi connectivity index (χ2n) is 12.6. The van der Waals surface area contributed by atoms with Crippen LogP contribution >= 0.6 is 11.8 Å². The Morgan fingerprint density at radius 2 is 1.76 bits per heavy atom. The molecule has 2 amide bonds. The maximum absolute atomic E-state index is 14.0. The molecule has 3 unspecified atom stereocenters. The van der Waals surface area contributed by atoms with Gasteiger partial charge in [-0.05, 0) is 97.1 Å². The highest BCUT2D eigenvalue weighted by molar-refractivity contribution is 7.98. The van der Waals surface area contributed by atoms with E-state index in [4.69, 9.17) is 14.2 Å². The first kappa shape index (κ1) is 34.2. The summed E-state index contributed by atoms with van der Waals surface area (Å²) in [6.45, 7) is 1.47. The van der Waals surface area contributed by atoms with E-state index in [0.29, 0.717) is 47.8 Å². The van der Waals surface area contributed by atoms with Crippen LogP contribution in [-0.2, 0) is 22.4 Å². The Balaban J connectivity index is 1.38. The average molecular weight is 685 g/mol. The Morgan fingerprint density at radius 1 is 0.959 bits per heavy atom. The number of anilines is 1. The summed E-state index contributed by atoms with van der Waals surface area (Å²) in [5.74, 6) is 1.83. The molecule has 2 aliphatic carbocycles. The number of nitrogens with one attached hydrogen (secondary N) is 4. The predicted octanol–water partition coefficient (Wildman–Crippen LogP) is 6.07. The van der Waals surface area contributed by atoms with Gasteiger partial charge in [0.05, 0.1) is 39.1 Å². The summed E-state index contributed by atoms with van der Waals surface area (Å²) in [5.41, 5.74) is 6.52. The fourth-order valence-electron chi connectivity index (χ4n) is 7.35. The van der Waals surface area contributed by atoms with E-state index in [1.807, 2.05) is 30.5 Å².